The van der Waals surface area contributed by atoms with Gasteiger partial charge in [-0.15, -0.1) is 22.7 Å². The average molecular weight is 415 g/mol. The third-order valence-electron chi connectivity index (χ3n) is 5.94. The number of thiophene rings is 1. The molecule has 3 aromatic rings. The molecular weight excluding hydrogens is 388 g/mol. The van der Waals surface area contributed by atoms with Crippen LogP contribution in [0.3, 0.4) is 0 Å². The zero-order valence-electron chi connectivity index (χ0n) is 16.2. The third kappa shape index (κ3) is 3.49. The van der Waals surface area contributed by atoms with Crippen LogP contribution >= 0.6 is 22.7 Å². The molecular formula is C20H26N6S2. The van der Waals surface area contributed by atoms with Crippen molar-refractivity contribution >= 4 is 43.8 Å². The van der Waals surface area contributed by atoms with Crippen molar-refractivity contribution in [2.24, 2.45) is 5.92 Å². The van der Waals surface area contributed by atoms with E-state index in [2.05, 4.69) is 26.7 Å². The second-order valence-corrected chi connectivity index (χ2v) is 9.91. The summed E-state index contributed by atoms with van der Waals surface area (Å²) in [5, 5.41) is 4.31. The fourth-order valence-electron chi connectivity index (χ4n) is 4.32. The van der Waals surface area contributed by atoms with E-state index in [0.29, 0.717) is 5.82 Å². The number of aromatic nitrogens is 3. The Bertz CT molecular complexity index is 959. The van der Waals surface area contributed by atoms with E-state index in [0.717, 1.165) is 79.1 Å². The van der Waals surface area contributed by atoms with Gasteiger partial charge in [-0.3, -0.25) is 4.90 Å². The Labute approximate surface area is 173 Å². The van der Waals surface area contributed by atoms with E-state index < -0.39 is 0 Å². The normalized spacial score (nSPS) is 20.6. The molecule has 0 spiro atoms. The van der Waals surface area contributed by atoms with Gasteiger partial charge in [0, 0.05) is 55.6 Å². The molecule has 5 rings (SSSR count). The summed E-state index contributed by atoms with van der Waals surface area (Å²) in [4.78, 5) is 21.4. The number of thiazole rings is 1. The molecule has 0 amide bonds. The molecule has 8 heteroatoms. The monoisotopic (exact) mass is 414 g/mol. The van der Waals surface area contributed by atoms with Crippen LogP contribution in [0.15, 0.2) is 11.6 Å². The lowest BCUT2D eigenvalue weighted by Crippen LogP contribution is -2.47. The number of fused-ring (bicyclic) bond motifs is 3. The van der Waals surface area contributed by atoms with Gasteiger partial charge in [0.2, 0.25) is 0 Å². The first-order valence-corrected chi connectivity index (χ1v) is 11.8. The van der Waals surface area contributed by atoms with Crippen LogP contribution in [0.1, 0.15) is 29.6 Å². The van der Waals surface area contributed by atoms with Crippen LogP contribution in [0.2, 0.25) is 0 Å². The van der Waals surface area contributed by atoms with E-state index in [1.807, 2.05) is 22.9 Å². The maximum atomic E-state index is 6.37. The largest absolute Gasteiger partial charge is 0.383 e. The van der Waals surface area contributed by atoms with Crippen LogP contribution in [0.5, 0.6) is 0 Å². The van der Waals surface area contributed by atoms with Gasteiger partial charge in [-0.2, -0.15) is 0 Å². The van der Waals surface area contributed by atoms with E-state index in [4.69, 9.17) is 10.7 Å². The molecule has 1 atom stereocenters. The second kappa shape index (κ2) is 7.57. The fraction of sp³-hybridized carbons (Fsp3) is 0.550. The molecule has 0 saturated carbocycles. The molecule has 6 nitrogen and oxygen atoms in total. The van der Waals surface area contributed by atoms with Gasteiger partial charge < -0.3 is 10.6 Å². The van der Waals surface area contributed by atoms with Crippen LogP contribution in [0.25, 0.3) is 10.2 Å². The van der Waals surface area contributed by atoms with Gasteiger partial charge in [-0.25, -0.2) is 15.0 Å². The van der Waals surface area contributed by atoms with Crippen molar-refractivity contribution < 1.29 is 0 Å². The molecule has 1 aliphatic heterocycles. The highest BCUT2D eigenvalue weighted by Gasteiger charge is 2.24. The first-order chi connectivity index (χ1) is 13.7. The molecule has 0 aromatic carbocycles. The molecule has 1 fully saturated rings. The fourth-order valence-corrected chi connectivity index (χ4v) is 6.43. The van der Waals surface area contributed by atoms with E-state index in [1.54, 1.807) is 11.3 Å². The molecule has 4 heterocycles. The lowest BCUT2D eigenvalue weighted by molar-refractivity contribution is 0.259. The van der Waals surface area contributed by atoms with Crippen molar-refractivity contribution in [2.45, 2.75) is 32.6 Å². The van der Waals surface area contributed by atoms with Crippen molar-refractivity contribution in [3.63, 3.8) is 0 Å². The Kier molecular flexibility index (Phi) is 4.94. The molecule has 1 saturated heterocycles. The number of nitrogens with two attached hydrogens (primary N) is 1. The standard InChI is InChI=1S/C20H26N6S2/c1-13-2-3-14-15(12-13)28-19-17(14)18(21)23-16(24-19)4-6-25-7-9-26(10-8-25)20-22-5-11-27-20/h5,11,13H,2-4,6-10,12H2,1H3,(H2,21,23,24). The molecule has 0 radical (unpaired) electrons. The Morgan fingerprint density at radius 3 is 2.86 bits per heavy atom. The van der Waals surface area contributed by atoms with Gasteiger partial charge in [0.1, 0.15) is 16.5 Å². The number of hydrogen-bond donors (Lipinski definition) is 1. The number of anilines is 2. The Hall–Kier alpha value is -1.77. The predicted molar refractivity (Wildman–Crippen MR) is 117 cm³/mol. The number of rotatable bonds is 4. The van der Waals surface area contributed by atoms with Crippen molar-refractivity contribution in [2.75, 3.05) is 43.4 Å². The number of piperazine rings is 1. The zero-order chi connectivity index (χ0) is 19.1. The zero-order valence-corrected chi connectivity index (χ0v) is 17.9. The summed E-state index contributed by atoms with van der Waals surface area (Å²) in [5.41, 5.74) is 7.79. The third-order valence-corrected chi connectivity index (χ3v) is 7.92. The van der Waals surface area contributed by atoms with Gasteiger partial charge in [0.25, 0.3) is 0 Å². The highest BCUT2D eigenvalue weighted by atomic mass is 32.1. The molecule has 0 bridgehead atoms. The molecule has 2 N–H and O–H groups in total. The minimum absolute atomic E-state index is 0.681. The van der Waals surface area contributed by atoms with E-state index in [1.165, 1.54) is 16.9 Å². The maximum Gasteiger partial charge on any atom is 0.185 e. The predicted octanol–water partition coefficient (Wildman–Crippen LogP) is 3.22. The van der Waals surface area contributed by atoms with Crippen LogP contribution in [-0.4, -0.2) is 52.6 Å². The van der Waals surface area contributed by atoms with Gasteiger partial charge in [-0.1, -0.05) is 6.92 Å². The van der Waals surface area contributed by atoms with Gasteiger partial charge >= 0.3 is 0 Å². The minimum atomic E-state index is 0.681. The summed E-state index contributed by atoms with van der Waals surface area (Å²) < 4.78 is 0. The summed E-state index contributed by atoms with van der Waals surface area (Å²) in [7, 11) is 0. The Morgan fingerprint density at radius 1 is 1.21 bits per heavy atom. The van der Waals surface area contributed by atoms with Crippen LogP contribution in [-0.2, 0) is 19.3 Å². The van der Waals surface area contributed by atoms with Gasteiger partial charge in [0.05, 0.1) is 5.39 Å². The summed E-state index contributed by atoms with van der Waals surface area (Å²) >= 11 is 3.55. The van der Waals surface area contributed by atoms with Gasteiger partial charge in [-0.05, 0) is 30.7 Å². The van der Waals surface area contributed by atoms with E-state index >= 15 is 0 Å². The van der Waals surface area contributed by atoms with E-state index in [-0.39, 0.29) is 0 Å². The molecule has 1 aliphatic carbocycles. The topological polar surface area (TPSA) is 71.2 Å². The highest BCUT2D eigenvalue weighted by molar-refractivity contribution is 7.19. The minimum Gasteiger partial charge on any atom is -0.383 e. The number of hydrogen-bond acceptors (Lipinski definition) is 8. The second-order valence-electron chi connectivity index (χ2n) is 7.95. The number of nitrogens with zero attached hydrogens (tertiary/aromatic N) is 5. The Balaban J connectivity index is 1.25. The van der Waals surface area contributed by atoms with E-state index in [9.17, 15) is 0 Å². The SMILES string of the molecule is CC1CCc2c(sc3nc(CCN4CCN(c5nccs5)CC4)nc(N)c23)C1. The quantitative estimate of drug-likeness (QED) is 0.707. The summed E-state index contributed by atoms with van der Waals surface area (Å²) in [6.07, 6.45) is 6.26. The van der Waals surface area contributed by atoms with Crippen molar-refractivity contribution in [1.29, 1.82) is 0 Å². The molecule has 2 aliphatic rings. The summed E-state index contributed by atoms with van der Waals surface area (Å²) in [6.45, 7) is 7.50. The van der Waals surface area contributed by atoms with Gasteiger partial charge in [0.15, 0.2) is 5.13 Å². The smallest absolute Gasteiger partial charge is 0.185 e. The lowest BCUT2D eigenvalue weighted by atomic mass is 9.89. The molecule has 148 valence electrons. The Morgan fingerprint density at radius 2 is 2.07 bits per heavy atom. The van der Waals surface area contributed by atoms with Crippen LogP contribution in [0.4, 0.5) is 10.9 Å². The van der Waals surface area contributed by atoms with Crippen molar-refractivity contribution in [3.8, 4) is 0 Å². The van der Waals surface area contributed by atoms with Crippen LogP contribution in [0, 0.1) is 5.92 Å². The number of aryl methyl sites for hydroxylation is 1. The molecule has 1 unspecified atom stereocenters. The maximum absolute atomic E-state index is 6.37. The summed E-state index contributed by atoms with van der Waals surface area (Å²) in [6, 6.07) is 0. The first kappa shape index (κ1) is 18.3. The van der Waals surface area contributed by atoms with Crippen LogP contribution < -0.4 is 10.6 Å². The highest BCUT2D eigenvalue weighted by Crippen LogP contribution is 2.39. The first-order valence-electron chi connectivity index (χ1n) is 10.1. The lowest BCUT2D eigenvalue weighted by Gasteiger charge is -2.34. The summed E-state index contributed by atoms with van der Waals surface area (Å²) in [5.74, 6) is 2.33. The number of nitrogen functional groups attached to an aromatic ring is 1. The average Bonchev–Trinajstić information content (AvgIpc) is 3.34. The molecule has 28 heavy (non-hydrogen) atoms. The molecule has 3 aromatic heterocycles. The van der Waals surface area contributed by atoms with Crippen molar-refractivity contribution in [3.05, 3.63) is 27.8 Å². The van der Waals surface area contributed by atoms with Crippen molar-refractivity contribution in [1.82, 2.24) is 19.9 Å².